The van der Waals surface area contributed by atoms with Gasteiger partial charge in [0.2, 0.25) is 5.89 Å². The van der Waals surface area contributed by atoms with Gasteiger partial charge in [0.25, 0.3) is 0 Å². The minimum atomic E-state index is 0.221. The van der Waals surface area contributed by atoms with Crippen molar-refractivity contribution in [2.45, 2.75) is 33.3 Å². The summed E-state index contributed by atoms with van der Waals surface area (Å²) in [6.07, 6.45) is 1.71. The number of oxazole rings is 1. The molecule has 5 nitrogen and oxygen atoms in total. The van der Waals surface area contributed by atoms with Gasteiger partial charge in [-0.3, -0.25) is 0 Å². The van der Waals surface area contributed by atoms with Gasteiger partial charge in [-0.15, -0.1) is 0 Å². The summed E-state index contributed by atoms with van der Waals surface area (Å²) in [6, 6.07) is 7.14. The van der Waals surface area contributed by atoms with Crippen LogP contribution in [-0.2, 0) is 6.61 Å². The van der Waals surface area contributed by atoms with Gasteiger partial charge in [0, 0.05) is 12.0 Å². The van der Waals surface area contributed by atoms with Crippen molar-refractivity contribution >= 4 is 0 Å². The molecule has 2 aromatic rings. The minimum Gasteiger partial charge on any atom is -0.490 e. The van der Waals surface area contributed by atoms with E-state index in [0.717, 1.165) is 5.76 Å². The molecule has 0 spiro atoms. The van der Waals surface area contributed by atoms with Crippen LogP contribution in [0.4, 0.5) is 0 Å². The first kappa shape index (κ1) is 14.9. The fourth-order valence-corrected chi connectivity index (χ4v) is 1.76. The first-order valence-corrected chi connectivity index (χ1v) is 6.88. The molecule has 0 saturated carbocycles. The molecule has 0 amide bonds. The summed E-state index contributed by atoms with van der Waals surface area (Å²) in [5.74, 6) is 2.76. The molecular weight excluding hydrogens is 268 g/mol. The van der Waals surface area contributed by atoms with E-state index < -0.39 is 0 Å². The van der Waals surface area contributed by atoms with Gasteiger partial charge >= 0.3 is 0 Å². The van der Waals surface area contributed by atoms with E-state index in [1.165, 1.54) is 0 Å². The van der Waals surface area contributed by atoms with Crippen molar-refractivity contribution in [3.63, 3.8) is 0 Å². The second kappa shape index (κ2) is 6.80. The molecule has 1 heterocycles. The average molecular weight is 286 g/mol. The maximum Gasteiger partial charge on any atom is 0.232 e. The number of nitriles is 1. The third kappa shape index (κ3) is 3.76. The lowest BCUT2D eigenvalue weighted by Gasteiger charge is -2.10. The van der Waals surface area contributed by atoms with Crippen molar-refractivity contribution in [2.75, 3.05) is 6.61 Å². The summed E-state index contributed by atoms with van der Waals surface area (Å²) >= 11 is 0. The summed E-state index contributed by atoms with van der Waals surface area (Å²) in [6.45, 7) is 6.68. The molecule has 1 aromatic carbocycles. The highest BCUT2D eigenvalue weighted by molar-refractivity contribution is 5.46. The van der Waals surface area contributed by atoms with Crippen molar-refractivity contribution in [3.05, 3.63) is 41.6 Å². The van der Waals surface area contributed by atoms with Crippen LogP contribution in [0.5, 0.6) is 11.5 Å². The zero-order valence-corrected chi connectivity index (χ0v) is 12.4. The molecule has 2 rings (SSSR count). The summed E-state index contributed by atoms with van der Waals surface area (Å²) in [5.41, 5.74) is 0.531. The van der Waals surface area contributed by atoms with Gasteiger partial charge < -0.3 is 13.9 Å². The minimum absolute atomic E-state index is 0.221. The molecule has 0 aliphatic heterocycles. The second-order valence-electron chi connectivity index (χ2n) is 4.81. The Morgan fingerprint density at radius 2 is 2.10 bits per heavy atom. The van der Waals surface area contributed by atoms with E-state index >= 15 is 0 Å². The maximum absolute atomic E-state index is 8.91. The van der Waals surface area contributed by atoms with E-state index in [1.807, 2.05) is 20.8 Å². The number of nitrogens with zero attached hydrogens (tertiary/aromatic N) is 2. The Bertz CT molecular complexity index is 641. The standard InChI is InChI=1S/C16H18N2O3/c1-4-19-14-7-12(8-17)5-6-13(14)20-10-16-18-9-15(21-16)11(2)3/h5-7,9,11H,4,10H2,1-3H3. The van der Waals surface area contributed by atoms with Crippen LogP contribution in [0.15, 0.2) is 28.8 Å². The van der Waals surface area contributed by atoms with Gasteiger partial charge in [0.05, 0.1) is 24.4 Å². The lowest BCUT2D eigenvalue weighted by atomic mass is 10.2. The highest BCUT2D eigenvalue weighted by atomic mass is 16.5. The van der Waals surface area contributed by atoms with E-state index in [4.69, 9.17) is 19.2 Å². The zero-order chi connectivity index (χ0) is 15.2. The van der Waals surface area contributed by atoms with Crippen LogP contribution < -0.4 is 9.47 Å². The molecule has 0 aliphatic carbocycles. The van der Waals surface area contributed by atoms with Crippen molar-refractivity contribution in [2.24, 2.45) is 0 Å². The molecule has 0 N–H and O–H groups in total. The Hall–Kier alpha value is -2.48. The monoisotopic (exact) mass is 286 g/mol. The number of aromatic nitrogens is 1. The fraction of sp³-hybridized carbons (Fsp3) is 0.375. The lowest BCUT2D eigenvalue weighted by Crippen LogP contribution is -2.00. The Morgan fingerprint density at radius 1 is 1.29 bits per heavy atom. The van der Waals surface area contributed by atoms with E-state index in [1.54, 1.807) is 24.4 Å². The SMILES string of the molecule is CCOc1cc(C#N)ccc1OCc1ncc(C(C)C)o1. The van der Waals surface area contributed by atoms with Gasteiger partial charge in [-0.05, 0) is 19.1 Å². The largest absolute Gasteiger partial charge is 0.490 e. The van der Waals surface area contributed by atoms with Gasteiger partial charge in [-0.2, -0.15) is 5.26 Å². The molecule has 0 atom stereocenters. The van der Waals surface area contributed by atoms with Crippen molar-refractivity contribution < 1.29 is 13.9 Å². The van der Waals surface area contributed by atoms with Crippen LogP contribution >= 0.6 is 0 Å². The molecule has 0 bridgehead atoms. The van der Waals surface area contributed by atoms with E-state index in [2.05, 4.69) is 11.1 Å². The third-order valence-electron chi connectivity index (χ3n) is 2.86. The van der Waals surface area contributed by atoms with Crippen LogP contribution in [0.2, 0.25) is 0 Å². The summed E-state index contributed by atoms with van der Waals surface area (Å²) < 4.78 is 16.7. The zero-order valence-electron chi connectivity index (χ0n) is 12.4. The molecule has 5 heteroatoms. The molecule has 0 aliphatic rings. The number of benzene rings is 1. The van der Waals surface area contributed by atoms with Crippen LogP contribution in [-0.4, -0.2) is 11.6 Å². The van der Waals surface area contributed by atoms with Gasteiger partial charge in [0.1, 0.15) is 5.76 Å². The second-order valence-corrected chi connectivity index (χ2v) is 4.81. The third-order valence-corrected chi connectivity index (χ3v) is 2.86. The average Bonchev–Trinajstić information content (AvgIpc) is 2.95. The molecule has 1 aromatic heterocycles. The summed E-state index contributed by atoms with van der Waals surface area (Å²) in [4.78, 5) is 4.18. The number of hydrogen-bond donors (Lipinski definition) is 0. The Kier molecular flexibility index (Phi) is 4.83. The summed E-state index contributed by atoms with van der Waals surface area (Å²) in [5, 5.41) is 8.91. The van der Waals surface area contributed by atoms with Crippen LogP contribution in [0.3, 0.4) is 0 Å². The molecular formula is C16H18N2O3. The first-order valence-electron chi connectivity index (χ1n) is 6.88. The maximum atomic E-state index is 8.91. The molecule has 0 unspecified atom stereocenters. The predicted octanol–water partition coefficient (Wildman–Crippen LogP) is 3.65. The molecule has 0 radical (unpaired) electrons. The molecule has 21 heavy (non-hydrogen) atoms. The number of ether oxygens (including phenoxy) is 2. The van der Waals surface area contributed by atoms with E-state index in [0.29, 0.717) is 35.5 Å². The lowest BCUT2D eigenvalue weighted by molar-refractivity contribution is 0.238. The first-order chi connectivity index (χ1) is 10.1. The molecule has 0 fully saturated rings. The van der Waals surface area contributed by atoms with E-state index in [-0.39, 0.29) is 6.61 Å². The van der Waals surface area contributed by atoms with Crippen molar-refractivity contribution in [1.29, 1.82) is 5.26 Å². The Labute approximate surface area is 124 Å². The van der Waals surface area contributed by atoms with Crippen LogP contribution in [0.25, 0.3) is 0 Å². The van der Waals surface area contributed by atoms with Crippen molar-refractivity contribution in [3.8, 4) is 17.6 Å². The highest BCUT2D eigenvalue weighted by Crippen LogP contribution is 2.29. The van der Waals surface area contributed by atoms with Gasteiger partial charge in [-0.25, -0.2) is 4.98 Å². The Balaban J connectivity index is 2.09. The van der Waals surface area contributed by atoms with E-state index in [9.17, 15) is 0 Å². The molecule has 0 saturated heterocycles. The number of rotatable bonds is 6. The topological polar surface area (TPSA) is 68.3 Å². The fourth-order valence-electron chi connectivity index (χ4n) is 1.76. The quantitative estimate of drug-likeness (QED) is 0.810. The van der Waals surface area contributed by atoms with Gasteiger partial charge in [-0.1, -0.05) is 13.8 Å². The smallest absolute Gasteiger partial charge is 0.232 e. The normalized spacial score (nSPS) is 10.4. The van der Waals surface area contributed by atoms with Gasteiger partial charge in [0.15, 0.2) is 18.1 Å². The number of hydrogen-bond acceptors (Lipinski definition) is 5. The van der Waals surface area contributed by atoms with Crippen molar-refractivity contribution in [1.82, 2.24) is 4.98 Å². The van der Waals surface area contributed by atoms with Crippen LogP contribution in [0, 0.1) is 11.3 Å². The predicted molar refractivity (Wildman–Crippen MR) is 77.3 cm³/mol. The Morgan fingerprint density at radius 3 is 2.71 bits per heavy atom. The highest BCUT2D eigenvalue weighted by Gasteiger charge is 2.11. The van der Waals surface area contributed by atoms with Crippen LogP contribution in [0.1, 0.15) is 43.9 Å². The molecule has 110 valence electrons. The summed E-state index contributed by atoms with van der Waals surface area (Å²) in [7, 11) is 0.